The second-order valence-corrected chi connectivity index (χ2v) is 9.28. The van der Waals surface area contributed by atoms with E-state index < -0.39 is 0 Å². The van der Waals surface area contributed by atoms with Gasteiger partial charge in [-0.25, -0.2) is 0 Å². The second-order valence-electron chi connectivity index (χ2n) is 9.28. The third-order valence-electron chi connectivity index (χ3n) is 5.74. The van der Waals surface area contributed by atoms with E-state index >= 15 is 0 Å². The zero-order valence-corrected chi connectivity index (χ0v) is 18.9. The maximum absolute atomic E-state index is 13.4. The molecule has 2 aliphatic heterocycles. The van der Waals surface area contributed by atoms with Gasteiger partial charge in [-0.15, -0.1) is 0 Å². The molecule has 0 aliphatic carbocycles. The highest BCUT2D eigenvalue weighted by molar-refractivity contribution is 6.12. The molecule has 2 aliphatic rings. The van der Waals surface area contributed by atoms with Gasteiger partial charge in [0.2, 0.25) is 5.91 Å². The lowest BCUT2D eigenvalue weighted by Crippen LogP contribution is -2.45. The van der Waals surface area contributed by atoms with E-state index in [9.17, 15) is 9.59 Å². The number of anilines is 1. The van der Waals surface area contributed by atoms with Gasteiger partial charge in [-0.2, -0.15) is 0 Å². The minimum absolute atomic E-state index is 0.0488. The molecule has 0 spiro atoms. The summed E-state index contributed by atoms with van der Waals surface area (Å²) in [6.45, 7) is 7.44. The van der Waals surface area contributed by atoms with Crippen LogP contribution >= 0.6 is 0 Å². The standard InChI is InChI=1S/C26H30N2O4/c1-26(2,3)19-11-12-22-21(15-19)28(17-24(29)27-16-20-10-7-13-31-20)25(30)23(32-22)14-18-8-5-4-6-9-18/h4-6,8-9,11-12,14-15,20H,7,10,13,16-17H2,1-3H3,(H,27,29)/b23-14-/t20-/m1/s1. The maximum Gasteiger partial charge on any atom is 0.294 e. The molecule has 6 heteroatoms. The summed E-state index contributed by atoms with van der Waals surface area (Å²) < 4.78 is 11.6. The normalized spacial score (nSPS) is 19.6. The lowest BCUT2D eigenvalue weighted by atomic mass is 9.86. The molecule has 2 aromatic rings. The zero-order valence-electron chi connectivity index (χ0n) is 18.9. The number of carbonyl (C=O) groups is 2. The number of rotatable bonds is 5. The highest BCUT2D eigenvalue weighted by Gasteiger charge is 2.33. The van der Waals surface area contributed by atoms with Crippen LogP contribution in [0, 0.1) is 0 Å². The molecule has 4 rings (SSSR count). The van der Waals surface area contributed by atoms with Crippen molar-refractivity contribution in [1.29, 1.82) is 0 Å². The summed E-state index contributed by atoms with van der Waals surface area (Å²) in [4.78, 5) is 27.6. The summed E-state index contributed by atoms with van der Waals surface area (Å²) >= 11 is 0. The first-order valence-electron chi connectivity index (χ1n) is 11.1. The number of amides is 2. The summed E-state index contributed by atoms with van der Waals surface area (Å²) in [6, 6.07) is 15.3. The van der Waals surface area contributed by atoms with E-state index in [-0.39, 0.29) is 35.6 Å². The van der Waals surface area contributed by atoms with Gasteiger partial charge in [-0.3, -0.25) is 14.5 Å². The molecule has 1 atom stereocenters. The third-order valence-corrected chi connectivity index (χ3v) is 5.74. The smallest absolute Gasteiger partial charge is 0.294 e. The van der Waals surface area contributed by atoms with Crippen molar-refractivity contribution in [3.63, 3.8) is 0 Å². The van der Waals surface area contributed by atoms with E-state index in [2.05, 4.69) is 26.1 Å². The molecule has 1 N–H and O–H groups in total. The molecule has 2 heterocycles. The first-order chi connectivity index (χ1) is 15.3. The topological polar surface area (TPSA) is 67.9 Å². The van der Waals surface area contributed by atoms with Gasteiger partial charge in [-0.05, 0) is 47.6 Å². The predicted molar refractivity (Wildman–Crippen MR) is 125 cm³/mol. The highest BCUT2D eigenvalue weighted by atomic mass is 16.5. The lowest BCUT2D eigenvalue weighted by molar-refractivity contribution is -0.123. The van der Waals surface area contributed by atoms with Crippen LogP contribution in [0.5, 0.6) is 5.75 Å². The van der Waals surface area contributed by atoms with Crippen LogP contribution in [0.2, 0.25) is 0 Å². The molecule has 168 valence electrons. The first-order valence-corrected chi connectivity index (χ1v) is 11.1. The summed E-state index contributed by atoms with van der Waals surface area (Å²) in [6.07, 6.45) is 3.71. The Hall–Kier alpha value is -3.12. The number of ether oxygens (including phenoxy) is 2. The van der Waals surface area contributed by atoms with Crippen LogP contribution in [0.1, 0.15) is 44.7 Å². The Labute approximate surface area is 189 Å². The summed E-state index contributed by atoms with van der Waals surface area (Å²) in [5.41, 5.74) is 2.42. The van der Waals surface area contributed by atoms with E-state index in [1.807, 2.05) is 48.5 Å². The Morgan fingerprint density at radius 2 is 1.97 bits per heavy atom. The minimum Gasteiger partial charge on any atom is -0.449 e. The Kier molecular flexibility index (Phi) is 6.33. The van der Waals surface area contributed by atoms with Crippen LogP contribution in [0.25, 0.3) is 6.08 Å². The van der Waals surface area contributed by atoms with Crippen molar-refractivity contribution in [1.82, 2.24) is 5.32 Å². The van der Waals surface area contributed by atoms with Gasteiger partial charge in [0.05, 0.1) is 11.8 Å². The maximum atomic E-state index is 13.4. The molecule has 32 heavy (non-hydrogen) atoms. The van der Waals surface area contributed by atoms with Crippen molar-refractivity contribution in [2.45, 2.75) is 45.1 Å². The van der Waals surface area contributed by atoms with Crippen molar-refractivity contribution in [2.75, 3.05) is 24.6 Å². The van der Waals surface area contributed by atoms with Crippen molar-refractivity contribution < 1.29 is 19.1 Å². The molecule has 0 radical (unpaired) electrons. The van der Waals surface area contributed by atoms with E-state index in [0.29, 0.717) is 18.0 Å². The van der Waals surface area contributed by atoms with Gasteiger partial charge < -0.3 is 14.8 Å². The summed E-state index contributed by atoms with van der Waals surface area (Å²) in [5.74, 6) is 0.201. The summed E-state index contributed by atoms with van der Waals surface area (Å²) in [7, 11) is 0. The van der Waals surface area contributed by atoms with Crippen molar-refractivity contribution in [3.05, 3.63) is 65.4 Å². The largest absolute Gasteiger partial charge is 0.449 e. The van der Waals surface area contributed by atoms with Crippen LogP contribution in [-0.2, 0) is 19.7 Å². The van der Waals surface area contributed by atoms with Gasteiger partial charge in [0.25, 0.3) is 5.91 Å². The fourth-order valence-electron chi connectivity index (χ4n) is 3.87. The number of hydrogen-bond acceptors (Lipinski definition) is 4. The molecule has 1 fully saturated rings. The fraction of sp³-hybridized carbons (Fsp3) is 0.385. The molecule has 0 unspecified atom stereocenters. The summed E-state index contributed by atoms with van der Waals surface area (Å²) in [5, 5.41) is 2.91. The predicted octanol–water partition coefficient (Wildman–Crippen LogP) is 4.05. The van der Waals surface area contributed by atoms with Crippen LogP contribution in [0.3, 0.4) is 0 Å². The van der Waals surface area contributed by atoms with Crippen molar-refractivity contribution >= 4 is 23.6 Å². The molecular weight excluding hydrogens is 404 g/mol. The zero-order chi connectivity index (χ0) is 22.7. The van der Waals surface area contributed by atoms with E-state index in [4.69, 9.17) is 9.47 Å². The Morgan fingerprint density at radius 3 is 2.66 bits per heavy atom. The number of fused-ring (bicyclic) bond motifs is 1. The minimum atomic E-state index is -0.334. The van der Waals surface area contributed by atoms with E-state index in [1.54, 1.807) is 6.08 Å². The third kappa shape index (κ3) is 5.02. The van der Waals surface area contributed by atoms with E-state index in [1.165, 1.54) is 4.90 Å². The van der Waals surface area contributed by atoms with E-state index in [0.717, 1.165) is 30.6 Å². The van der Waals surface area contributed by atoms with Crippen LogP contribution in [0.4, 0.5) is 5.69 Å². The van der Waals surface area contributed by atoms with Gasteiger partial charge in [0, 0.05) is 13.2 Å². The van der Waals surface area contributed by atoms with Crippen molar-refractivity contribution in [3.8, 4) is 5.75 Å². The number of carbonyl (C=O) groups excluding carboxylic acids is 2. The quantitative estimate of drug-likeness (QED) is 0.721. The Bertz CT molecular complexity index is 1020. The molecule has 2 amide bonds. The lowest BCUT2D eigenvalue weighted by Gasteiger charge is -2.32. The monoisotopic (exact) mass is 434 g/mol. The number of nitrogens with one attached hydrogen (secondary N) is 1. The number of hydrogen-bond donors (Lipinski definition) is 1. The average molecular weight is 435 g/mol. The molecule has 0 aromatic heterocycles. The van der Waals surface area contributed by atoms with Gasteiger partial charge in [0.1, 0.15) is 6.54 Å². The highest BCUT2D eigenvalue weighted by Crippen LogP contribution is 2.39. The molecule has 0 bridgehead atoms. The Morgan fingerprint density at radius 1 is 1.19 bits per heavy atom. The number of nitrogens with zero attached hydrogens (tertiary/aromatic N) is 1. The molecular formula is C26H30N2O4. The van der Waals surface area contributed by atoms with Crippen LogP contribution in [0.15, 0.2) is 54.3 Å². The molecule has 2 aromatic carbocycles. The average Bonchev–Trinajstić information content (AvgIpc) is 3.29. The fourth-order valence-corrected chi connectivity index (χ4v) is 3.87. The van der Waals surface area contributed by atoms with Gasteiger partial charge in [-0.1, -0.05) is 57.2 Å². The SMILES string of the molecule is CC(C)(C)c1ccc2c(c1)N(CC(=O)NC[C@H]1CCCO1)C(=O)/C(=C/c1ccccc1)O2. The van der Waals surface area contributed by atoms with Gasteiger partial charge >= 0.3 is 0 Å². The number of benzene rings is 2. The van der Waals surface area contributed by atoms with Gasteiger partial charge in [0.15, 0.2) is 11.5 Å². The molecule has 1 saturated heterocycles. The molecule has 6 nitrogen and oxygen atoms in total. The van der Waals surface area contributed by atoms with Crippen LogP contribution < -0.4 is 15.0 Å². The first kappa shape index (κ1) is 22.1. The Balaban J connectivity index is 1.62. The van der Waals surface area contributed by atoms with Crippen LogP contribution in [-0.4, -0.2) is 37.6 Å². The second kappa shape index (κ2) is 9.17. The molecule has 0 saturated carbocycles. The van der Waals surface area contributed by atoms with Crippen molar-refractivity contribution in [2.24, 2.45) is 0 Å².